The zero-order chi connectivity index (χ0) is 15.1. The van der Waals surface area contributed by atoms with Gasteiger partial charge in [-0.3, -0.25) is 4.79 Å². The Bertz CT molecular complexity index is 852. The molecule has 110 valence electrons. The first kappa shape index (κ1) is 12.8. The first-order valence-corrected chi connectivity index (χ1v) is 6.85. The van der Waals surface area contributed by atoms with Gasteiger partial charge in [-0.05, 0) is 18.6 Å². The molecule has 1 atom stereocenters. The molecule has 0 saturated carbocycles. The minimum absolute atomic E-state index is 0.0685. The quantitative estimate of drug-likeness (QED) is 0.780. The van der Waals surface area contributed by atoms with Crippen LogP contribution in [0.4, 0.5) is 5.69 Å². The number of carbonyl (C=O) groups excluding carboxylic acids is 1. The second kappa shape index (κ2) is 4.80. The standard InChI is InChI=1S/C15H12N4O3/c1-8-13(16-7-21-8)14-18-15(22-19-14)10-6-12(20)17-11-5-3-2-4-9(10)11/h2-5,7,10H,6H2,1H3,(H,17,20). The number of para-hydroxylation sites is 1. The monoisotopic (exact) mass is 296 g/mol. The van der Waals surface area contributed by atoms with Crippen molar-refractivity contribution in [1.29, 1.82) is 0 Å². The minimum atomic E-state index is -0.251. The summed E-state index contributed by atoms with van der Waals surface area (Å²) in [6, 6.07) is 7.60. The van der Waals surface area contributed by atoms with Gasteiger partial charge < -0.3 is 14.3 Å². The maximum Gasteiger partial charge on any atom is 0.235 e. The zero-order valence-electron chi connectivity index (χ0n) is 11.7. The second-order valence-corrected chi connectivity index (χ2v) is 5.11. The lowest BCUT2D eigenvalue weighted by Crippen LogP contribution is -2.23. The van der Waals surface area contributed by atoms with Crippen molar-refractivity contribution in [3.05, 3.63) is 47.9 Å². The van der Waals surface area contributed by atoms with Crippen molar-refractivity contribution in [2.75, 3.05) is 5.32 Å². The van der Waals surface area contributed by atoms with Crippen LogP contribution < -0.4 is 5.32 Å². The Morgan fingerprint density at radius 3 is 3.00 bits per heavy atom. The number of hydrogen-bond acceptors (Lipinski definition) is 6. The molecule has 0 spiro atoms. The number of rotatable bonds is 2. The first-order chi connectivity index (χ1) is 10.7. The summed E-state index contributed by atoms with van der Waals surface area (Å²) in [6.07, 6.45) is 1.61. The van der Waals surface area contributed by atoms with Crippen molar-refractivity contribution in [1.82, 2.24) is 15.1 Å². The van der Waals surface area contributed by atoms with E-state index in [0.29, 0.717) is 23.2 Å². The SMILES string of the molecule is Cc1ocnc1-c1noc(C2CC(=O)Nc3ccccc32)n1. The molecule has 1 aromatic carbocycles. The van der Waals surface area contributed by atoms with E-state index < -0.39 is 0 Å². The zero-order valence-corrected chi connectivity index (χ0v) is 11.7. The van der Waals surface area contributed by atoms with E-state index in [2.05, 4.69) is 20.4 Å². The minimum Gasteiger partial charge on any atom is -0.448 e. The number of benzene rings is 1. The number of anilines is 1. The summed E-state index contributed by atoms with van der Waals surface area (Å²) in [5.41, 5.74) is 2.29. The number of fused-ring (bicyclic) bond motifs is 1. The van der Waals surface area contributed by atoms with E-state index >= 15 is 0 Å². The van der Waals surface area contributed by atoms with Crippen molar-refractivity contribution in [2.45, 2.75) is 19.3 Å². The van der Waals surface area contributed by atoms with E-state index in [0.717, 1.165) is 11.3 Å². The van der Waals surface area contributed by atoms with E-state index in [-0.39, 0.29) is 18.2 Å². The Morgan fingerprint density at radius 1 is 1.32 bits per heavy atom. The van der Waals surface area contributed by atoms with Gasteiger partial charge in [0, 0.05) is 12.1 Å². The number of aromatic nitrogens is 3. The number of nitrogens with zero attached hydrogens (tertiary/aromatic N) is 3. The summed E-state index contributed by atoms with van der Waals surface area (Å²) in [7, 11) is 0. The third-order valence-electron chi connectivity index (χ3n) is 3.70. The van der Waals surface area contributed by atoms with Gasteiger partial charge in [0.1, 0.15) is 5.76 Å². The molecule has 1 aliphatic heterocycles. The maximum atomic E-state index is 11.9. The van der Waals surface area contributed by atoms with Crippen molar-refractivity contribution in [2.24, 2.45) is 0 Å². The van der Waals surface area contributed by atoms with E-state index in [1.54, 1.807) is 6.92 Å². The molecule has 3 aromatic rings. The van der Waals surface area contributed by atoms with Crippen LogP contribution in [0.25, 0.3) is 11.5 Å². The summed E-state index contributed by atoms with van der Waals surface area (Å²) in [6.45, 7) is 1.78. The Hall–Kier alpha value is -2.96. The highest BCUT2D eigenvalue weighted by atomic mass is 16.5. The third kappa shape index (κ3) is 1.98. The molecule has 0 fully saturated rings. The van der Waals surface area contributed by atoms with Crippen molar-refractivity contribution in [3.8, 4) is 11.5 Å². The van der Waals surface area contributed by atoms with Crippen LogP contribution in [0, 0.1) is 6.92 Å². The van der Waals surface area contributed by atoms with Gasteiger partial charge in [0.05, 0.1) is 5.92 Å². The lowest BCUT2D eigenvalue weighted by atomic mass is 9.90. The largest absolute Gasteiger partial charge is 0.448 e. The summed E-state index contributed by atoms with van der Waals surface area (Å²) in [5.74, 6) is 1.07. The molecule has 0 radical (unpaired) electrons. The Labute approximate surface area is 125 Å². The average molecular weight is 296 g/mol. The number of aryl methyl sites for hydroxylation is 1. The fraction of sp³-hybridized carbons (Fsp3) is 0.200. The molecule has 22 heavy (non-hydrogen) atoms. The van der Waals surface area contributed by atoms with Crippen molar-refractivity contribution >= 4 is 11.6 Å². The highest BCUT2D eigenvalue weighted by Crippen LogP contribution is 2.36. The molecule has 0 bridgehead atoms. The molecule has 3 heterocycles. The molecular weight excluding hydrogens is 284 g/mol. The van der Waals surface area contributed by atoms with E-state index in [1.807, 2.05) is 24.3 Å². The van der Waals surface area contributed by atoms with Crippen molar-refractivity contribution in [3.63, 3.8) is 0 Å². The van der Waals surface area contributed by atoms with Crippen LogP contribution in [-0.2, 0) is 4.79 Å². The van der Waals surface area contributed by atoms with Crippen LogP contribution in [0.1, 0.15) is 29.6 Å². The molecule has 1 N–H and O–H groups in total. The summed E-state index contributed by atoms with van der Waals surface area (Å²) >= 11 is 0. The van der Waals surface area contributed by atoms with Gasteiger partial charge in [-0.2, -0.15) is 4.98 Å². The number of carbonyl (C=O) groups is 1. The Kier molecular flexibility index (Phi) is 2.78. The molecule has 2 aromatic heterocycles. The highest BCUT2D eigenvalue weighted by molar-refractivity contribution is 5.95. The number of hydrogen-bond donors (Lipinski definition) is 1. The number of amides is 1. The molecule has 0 saturated heterocycles. The topological polar surface area (TPSA) is 94.0 Å². The van der Waals surface area contributed by atoms with Crippen LogP contribution in [-0.4, -0.2) is 21.0 Å². The number of nitrogens with one attached hydrogen (secondary N) is 1. The average Bonchev–Trinajstić information content (AvgIpc) is 3.14. The molecule has 1 amide bonds. The van der Waals surface area contributed by atoms with Crippen LogP contribution in [0.5, 0.6) is 0 Å². The summed E-state index contributed by atoms with van der Waals surface area (Å²) < 4.78 is 10.5. The van der Waals surface area contributed by atoms with Gasteiger partial charge in [0.15, 0.2) is 12.1 Å². The third-order valence-corrected chi connectivity index (χ3v) is 3.70. The molecule has 0 aliphatic carbocycles. The van der Waals surface area contributed by atoms with E-state index in [9.17, 15) is 4.79 Å². The van der Waals surface area contributed by atoms with E-state index in [4.69, 9.17) is 8.94 Å². The van der Waals surface area contributed by atoms with Gasteiger partial charge in [-0.1, -0.05) is 23.4 Å². The maximum absolute atomic E-state index is 11.9. The van der Waals surface area contributed by atoms with Gasteiger partial charge >= 0.3 is 0 Å². The molecule has 7 heteroatoms. The number of oxazole rings is 1. The fourth-order valence-corrected chi connectivity index (χ4v) is 2.62. The normalized spacial score (nSPS) is 17.1. The predicted octanol–water partition coefficient (Wildman–Crippen LogP) is 2.51. The molecule has 1 aliphatic rings. The van der Waals surface area contributed by atoms with Gasteiger partial charge in [-0.25, -0.2) is 4.98 Å². The van der Waals surface area contributed by atoms with Crippen molar-refractivity contribution < 1.29 is 13.7 Å². The van der Waals surface area contributed by atoms with E-state index in [1.165, 1.54) is 6.39 Å². The lowest BCUT2D eigenvalue weighted by Gasteiger charge is -2.22. The molecule has 4 rings (SSSR count). The Morgan fingerprint density at radius 2 is 2.18 bits per heavy atom. The molecule has 1 unspecified atom stereocenters. The van der Waals surface area contributed by atoms with Gasteiger partial charge in [0.25, 0.3) is 0 Å². The van der Waals surface area contributed by atoms with Crippen LogP contribution in [0.3, 0.4) is 0 Å². The second-order valence-electron chi connectivity index (χ2n) is 5.11. The van der Waals surface area contributed by atoms with Gasteiger partial charge in [0.2, 0.25) is 17.6 Å². The first-order valence-electron chi connectivity index (χ1n) is 6.85. The fourth-order valence-electron chi connectivity index (χ4n) is 2.62. The smallest absolute Gasteiger partial charge is 0.235 e. The van der Waals surface area contributed by atoms with Crippen LogP contribution in [0.2, 0.25) is 0 Å². The predicted molar refractivity (Wildman–Crippen MR) is 76.1 cm³/mol. The van der Waals surface area contributed by atoms with Gasteiger partial charge in [-0.15, -0.1) is 0 Å². The Balaban J connectivity index is 1.76. The van der Waals surface area contributed by atoms with Crippen LogP contribution in [0.15, 0.2) is 39.6 Å². The summed E-state index contributed by atoms with van der Waals surface area (Å²) in [4.78, 5) is 20.3. The van der Waals surface area contributed by atoms with Crippen LogP contribution >= 0.6 is 0 Å². The summed E-state index contributed by atoms with van der Waals surface area (Å²) in [5, 5.41) is 6.80. The molecule has 7 nitrogen and oxygen atoms in total. The highest BCUT2D eigenvalue weighted by Gasteiger charge is 2.31. The lowest BCUT2D eigenvalue weighted by molar-refractivity contribution is -0.116. The molecular formula is C15H12N4O3.